The van der Waals surface area contributed by atoms with Gasteiger partial charge in [0, 0.05) is 29.3 Å². The molecule has 2 N–H and O–H groups in total. The Morgan fingerprint density at radius 2 is 2.00 bits per heavy atom. The maximum Gasteiger partial charge on any atom is 0.0367 e. The second-order valence-corrected chi connectivity index (χ2v) is 5.57. The summed E-state index contributed by atoms with van der Waals surface area (Å²) in [6, 6.07) is 8.83. The average molecular weight is 283 g/mol. The van der Waals surface area contributed by atoms with Gasteiger partial charge < -0.3 is 10.6 Å². The zero-order chi connectivity index (χ0) is 11.5. The van der Waals surface area contributed by atoms with Crippen molar-refractivity contribution >= 4 is 21.6 Å². The lowest BCUT2D eigenvalue weighted by Gasteiger charge is -2.37. The van der Waals surface area contributed by atoms with Crippen molar-refractivity contribution in [2.24, 2.45) is 11.7 Å². The van der Waals surface area contributed by atoms with Gasteiger partial charge in [0.15, 0.2) is 0 Å². The first-order valence-electron chi connectivity index (χ1n) is 5.95. The van der Waals surface area contributed by atoms with E-state index < -0.39 is 0 Å². The van der Waals surface area contributed by atoms with Crippen LogP contribution in [0.15, 0.2) is 28.7 Å². The molecule has 16 heavy (non-hydrogen) atoms. The highest BCUT2D eigenvalue weighted by Gasteiger charge is 2.23. The molecule has 1 aliphatic rings. The second-order valence-electron chi connectivity index (χ2n) is 4.65. The van der Waals surface area contributed by atoms with Crippen LogP contribution >= 0.6 is 15.9 Å². The molecule has 2 nitrogen and oxygen atoms in total. The summed E-state index contributed by atoms with van der Waals surface area (Å²) >= 11 is 3.46. The van der Waals surface area contributed by atoms with E-state index in [4.69, 9.17) is 5.73 Å². The molecule has 3 heteroatoms. The SMILES string of the molecule is CCC1CC(N)CN(c2ccc(Br)cc2)C1. The van der Waals surface area contributed by atoms with Gasteiger partial charge in [-0.05, 0) is 36.6 Å². The number of piperidine rings is 1. The molecule has 1 aromatic carbocycles. The molecule has 1 heterocycles. The maximum atomic E-state index is 6.11. The van der Waals surface area contributed by atoms with Crippen LogP contribution in [0.3, 0.4) is 0 Å². The third-order valence-corrected chi connectivity index (χ3v) is 3.87. The van der Waals surface area contributed by atoms with E-state index in [9.17, 15) is 0 Å². The molecule has 2 rings (SSSR count). The van der Waals surface area contributed by atoms with E-state index in [-0.39, 0.29) is 0 Å². The first kappa shape index (κ1) is 11.9. The molecule has 0 spiro atoms. The van der Waals surface area contributed by atoms with Gasteiger partial charge in [-0.1, -0.05) is 29.3 Å². The fraction of sp³-hybridized carbons (Fsp3) is 0.538. The number of nitrogens with two attached hydrogens (primary N) is 1. The van der Waals surface area contributed by atoms with Crippen molar-refractivity contribution in [2.45, 2.75) is 25.8 Å². The number of hydrogen-bond acceptors (Lipinski definition) is 2. The highest BCUT2D eigenvalue weighted by atomic mass is 79.9. The summed E-state index contributed by atoms with van der Waals surface area (Å²) in [4.78, 5) is 2.41. The summed E-state index contributed by atoms with van der Waals surface area (Å²) in [6.45, 7) is 4.38. The normalized spacial score (nSPS) is 25.8. The van der Waals surface area contributed by atoms with Gasteiger partial charge in [0.1, 0.15) is 0 Å². The van der Waals surface area contributed by atoms with Crippen molar-refractivity contribution in [1.29, 1.82) is 0 Å². The topological polar surface area (TPSA) is 29.3 Å². The van der Waals surface area contributed by atoms with Gasteiger partial charge in [-0.3, -0.25) is 0 Å². The van der Waals surface area contributed by atoms with E-state index in [1.807, 2.05) is 0 Å². The third-order valence-electron chi connectivity index (χ3n) is 3.34. The van der Waals surface area contributed by atoms with Crippen LogP contribution in [0.25, 0.3) is 0 Å². The highest BCUT2D eigenvalue weighted by molar-refractivity contribution is 9.10. The van der Waals surface area contributed by atoms with Crippen LogP contribution in [0.4, 0.5) is 5.69 Å². The number of nitrogens with zero attached hydrogens (tertiary/aromatic N) is 1. The van der Waals surface area contributed by atoms with E-state index in [0.29, 0.717) is 6.04 Å². The van der Waals surface area contributed by atoms with Gasteiger partial charge >= 0.3 is 0 Å². The number of anilines is 1. The third kappa shape index (κ3) is 2.77. The first-order valence-corrected chi connectivity index (χ1v) is 6.74. The summed E-state index contributed by atoms with van der Waals surface area (Å²) in [5, 5.41) is 0. The van der Waals surface area contributed by atoms with Gasteiger partial charge in [-0.25, -0.2) is 0 Å². The van der Waals surface area contributed by atoms with Crippen molar-refractivity contribution in [3.05, 3.63) is 28.7 Å². The quantitative estimate of drug-likeness (QED) is 0.904. The standard InChI is InChI=1S/C13H19BrN2/c1-2-10-7-12(15)9-16(8-10)13-5-3-11(14)4-6-13/h3-6,10,12H,2,7-9,15H2,1H3. The van der Waals surface area contributed by atoms with Crippen LogP contribution in [0, 0.1) is 5.92 Å². The molecule has 1 saturated heterocycles. The molecule has 0 saturated carbocycles. The molecule has 0 amide bonds. The number of halogens is 1. The van der Waals surface area contributed by atoms with E-state index in [1.54, 1.807) is 0 Å². The van der Waals surface area contributed by atoms with E-state index >= 15 is 0 Å². The molecular weight excluding hydrogens is 264 g/mol. The van der Waals surface area contributed by atoms with Crippen molar-refractivity contribution in [3.63, 3.8) is 0 Å². The Labute approximate surface area is 106 Å². The fourth-order valence-corrected chi connectivity index (χ4v) is 2.67. The van der Waals surface area contributed by atoms with Crippen LogP contribution in [0.2, 0.25) is 0 Å². The van der Waals surface area contributed by atoms with Crippen molar-refractivity contribution < 1.29 is 0 Å². The molecule has 2 unspecified atom stereocenters. The zero-order valence-corrected chi connectivity index (χ0v) is 11.3. The molecular formula is C13H19BrN2. The Morgan fingerprint density at radius 3 is 2.62 bits per heavy atom. The van der Waals surface area contributed by atoms with Crippen LogP contribution in [-0.4, -0.2) is 19.1 Å². The van der Waals surface area contributed by atoms with Gasteiger partial charge in [-0.2, -0.15) is 0 Å². The van der Waals surface area contributed by atoms with Gasteiger partial charge in [0.25, 0.3) is 0 Å². The van der Waals surface area contributed by atoms with E-state index in [0.717, 1.165) is 23.5 Å². The molecule has 88 valence electrons. The van der Waals surface area contributed by atoms with Gasteiger partial charge in [0.05, 0.1) is 0 Å². The smallest absolute Gasteiger partial charge is 0.0367 e. The lowest BCUT2D eigenvalue weighted by Crippen LogP contribution is -2.47. The van der Waals surface area contributed by atoms with Gasteiger partial charge in [0.2, 0.25) is 0 Å². The van der Waals surface area contributed by atoms with Crippen molar-refractivity contribution in [3.8, 4) is 0 Å². The molecule has 0 aromatic heterocycles. The summed E-state index contributed by atoms with van der Waals surface area (Å²) < 4.78 is 1.13. The molecule has 0 bridgehead atoms. The number of rotatable bonds is 2. The Morgan fingerprint density at radius 1 is 1.31 bits per heavy atom. The lowest BCUT2D eigenvalue weighted by molar-refractivity contribution is 0.368. The Bertz CT molecular complexity index is 336. The Balaban J connectivity index is 2.11. The molecule has 0 radical (unpaired) electrons. The molecule has 1 aliphatic heterocycles. The monoisotopic (exact) mass is 282 g/mol. The first-order chi connectivity index (χ1) is 7.69. The number of benzene rings is 1. The van der Waals surface area contributed by atoms with Crippen LogP contribution < -0.4 is 10.6 Å². The predicted molar refractivity (Wildman–Crippen MR) is 72.7 cm³/mol. The Hall–Kier alpha value is -0.540. The predicted octanol–water partition coefficient (Wildman–Crippen LogP) is 3.01. The molecule has 1 aromatic rings. The van der Waals surface area contributed by atoms with Crippen molar-refractivity contribution in [2.75, 3.05) is 18.0 Å². The van der Waals surface area contributed by atoms with Crippen molar-refractivity contribution in [1.82, 2.24) is 0 Å². The van der Waals surface area contributed by atoms with E-state index in [2.05, 4.69) is 52.0 Å². The Kier molecular flexibility index (Phi) is 3.87. The molecule has 2 atom stereocenters. The minimum Gasteiger partial charge on any atom is -0.370 e. The second kappa shape index (κ2) is 5.19. The summed E-state index contributed by atoms with van der Waals surface area (Å²) in [5.74, 6) is 0.743. The van der Waals surface area contributed by atoms with Crippen LogP contribution in [-0.2, 0) is 0 Å². The van der Waals surface area contributed by atoms with Gasteiger partial charge in [-0.15, -0.1) is 0 Å². The minimum atomic E-state index is 0.322. The molecule has 0 aliphatic carbocycles. The van der Waals surface area contributed by atoms with E-state index in [1.165, 1.54) is 18.5 Å². The highest BCUT2D eigenvalue weighted by Crippen LogP contribution is 2.25. The minimum absolute atomic E-state index is 0.322. The summed E-state index contributed by atoms with van der Waals surface area (Å²) in [5.41, 5.74) is 7.40. The summed E-state index contributed by atoms with van der Waals surface area (Å²) in [7, 11) is 0. The average Bonchev–Trinajstić information content (AvgIpc) is 2.29. The largest absolute Gasteiger partial charge is 0.370 e. The fourth-order valence-electron chi connectivity index (χ4n) is 2.41. The zero-order valence-electron chi connectivity index (χ0n) is 9.70. The molecule has 1 fully saturated rings. The summed E-state index contributed by atoms with van der Waals surface area (Å²) in [6.07, 6.45) is 2.39. The van der Waals surface area contributed by atoms with Crippen LogP contribution in [0.1, 0.15) is 19.8 Å². The van der Waals surface area contributed by atoms with Crippen LogP contribution in [0.5, 0.6) is 0 Å². The number of hydrogen-bond donors (Lipinski definition) is 1. The maximum absolute atomic E-state index is 6.11. The lowest BCUT2D eigenvalue weighted by atomic mass is 9.92.